The van der Waals surface area contributed by atoms with Gasteiger partial charge >= 0.3 is 0 Å². The molecule has 0 radical (unpaired) electrons. The minimum Gasteiger partial charge on any atom is -0.251 e. The van der Waals surface area contributed by atoms with Crippen molar-refractivity contribution in [3.05, 3.63) is 24.3 Å². The van der Waals surface area contributed by atoms with Crippen LogP contribution in [0.15, 0.2) is 24.3 Å². The van der Waals surface area contributed by atoms with Crippen molar-refractivity contribution in [2.45, 2.75) is 84.0 Å². The summed E-state index contributed by atoms with van der Waals surface area (Å²) in [4.78, 5) is 0. The van der Waals surface area contributed by atoms with Gasteiger partial charge in [-0.2, -0.15) is 0 Å². The Bertz CT molecular complexity index is 206. The second-order valence-corrected chi connectivity index (χ2v) is 5.27. The fourth-order valence-electron chi connectivity index (χ4n) is 2.08. The van der Waals surface area contributed by atoms with Crippen LogP contribution < -0.4 is 0 Å². The first-order chi connectivity index (χ1) is 9.41. The van der Waals surface area contributed by atoms with E-state index in [1.165, 1.54) is 44.9 Å². The minimum absolute atomic E-state index is 0.162. The number of allylic oxidation sites excluding steroid dienone is 4. The average molecular weight is 268 g/mol. The van der Waals surface area contributed by atoms with Crippen LogP contribution >= 0.6 is 0 Å². The Morgan fingerprint density at radius 3 is 1.74 bits per heavy atom. The number of unbranched alkanes of at least 4 members (excludes halogenated alkanes) is 9. The average Bonchev–Trinajstić information content (AvgIpc) is 2.43. The zero-order valence-electron chi connectivity index (χ0n) is 12.9. The van der Waals surface area contributed by atoms with Crippen molar-refractivity contribution >= 4 is 0 Å². The Morgan fingerprint density at radius 2 is 1.16 bits per heavy atom. The highest BCUT2D eigenvalue weighted by Gasteiger charge is 1.88. The van der Waals surface area contributed by atoms with Gasteiger partial charge in [-0.1, -0.05) is 69.8 Å². The molecular weight excluding hydrogens is 235 g/mol. The largest absolute Gasteiger partial charge is 0.251 e. The molecule has 0 aliphatic rings. The van der Waals surface area contributed by atoms with Gasteiger partial charge in [0.1, 0.15) is 0 Å². The number of rotatable bonds is 14. The van der Waals surface area contributed by atoms with Crippen LogP contribution in [0, 0.1) is 0 Å². The van der Waals surface area contributed by atoms with E-state index in [9.17, 15) is 4.39 Å². The van der Waals surface area contributed by atoms with Crippen molar-refractivity contribution in [3.8, 4) is 0 Å². The molecule has 0 saturated heterocycles. The molecule has 112 valence electrons. The molecule has 0 aromatic rings. The second kappa shape index (κ2) is 17.4. The van der Waals surface area contributed by atoms with E-state index in [1.54, 1.807) is 0 Å². The monoisotopic (exact) mass is 268 g/mol. The van der Waals surface area contributed by atoms with Crippen LogP contribution in [0.2, 0.25) is 0 Å². The normalized spacial score (nSPS) is 11.9. The lowest BCUT2D eigenvalue weighted by atomic mass is 10.1. The van der Waals surface area contributed by atoms with Gasteiger partial charge in [0, 0.05) is 0 Å². The Kier molecular flexibility index (Phi) is 16.9. The van der Waals surface area contributed by atoms with Crippen LogP contribution in [0.25, 0.3) is 0 Å². The summed E-state index contributed by atoms with van der Waals surface area (Å²) in [5, 5.41) is 0. The molecule has 0 N–H and O–H groups in total. The first-order valence-corrected chi connectivity index (χ1v) is 8.27. The van der Waals surface area contributed by atoms with Crippen molar-refractivity contribution in [2.24, 2.45) is 0 Å². The maximum absolute atomic E-state index is 11.8. The molecule has 0 unspecified atom stereocenters. The van der Waals surface area contributed by atoms with Gasteiger partial charge in [-0.3, -0.25) is 4.39 Å². The second-order valence-electron chi connectivity index (χ2n) is 5.27. The fraction of sp³-hybridized carbons (Fsp3) is 0.778. The van der Waals surface area contributed by atoms with Gasteiger partial charge < -0.3 is 0 Å². The van der Waals surface area contributed by atoms with Gasteiger partial charge in [-0.05, 0) is 38.5 Å². The summed E-state index contributed by atoms with van der Waals surface area (Å²) in [5.41, 5.74) is 0. The minimum atomic E-state index is -0.162. The van der Waals surface area contributed by atoms with Crippen molar-refractivity contribution in [2.75, 3.05) is 6.67 Å². The molecular formula is C18H33F. The van der Waals surface area contributed by atoms with Gasteiger partial charge in [0.25, 0.3) is 0 Å². The van der Waals surface area contributed by atoms with Crippen molar-refractivity contribution < 1.29 is 4.39 Å². The highest BCUT2D eigenvalue weighted by atomic mass is 19.1. The topological polar surface area (TPSA) is 0 Å². The van der Waals surface area contributed by atoms with Gasteiger partial charge in [0.15, 0.2) is 0 Å². The predicted octanol–water partition coefficient (Wildman–Crippen LogP) is 6.77. The Morgan fingerprint density at radius 1 is 0.632 bits per heavy atom. The molecule has 0 bridgehead atoms. The van der Waals surface area contributed by atoms with E-state index >= 15 is 0 Å². The zero-order chi connectivity index (χ0) is 14.0. The summed E-state index contributed by atoms with van der Waals surface area (Å²) < 4.78 is 11.8. The molecule has 0 fully saturated rings. The van der Waals surface area contributed by atoms with E-state index in [0.717, 1.165) is 32.1 Å². The number of alkyl halides is 1. The SMILES string of the molecule is CCCCCCCC/C=C\C/C=C\CCCCCF. The highest BCUT2D eigenvalue weighted by molar-refractivity contribution is 4.92. The van der Waals surface area contributed by atoms with Crippen LogP contribution in [-0.2, 0) is 0 Å². The Labute approximate surface area is 120 Å². The number of halogens is 1. The molecule has 0 nitrogen and oxygen atoms in total. The van der Waals surface area contributed by atoms with Crippen LogP contribution in [0.1, 0.15) is 84.0 Å². The third-order valence-electron chi connectivity index (χ3n) is 3.33. The summed E-state index contributed by atoms with van der Waals surface area (Å²) in [7, 11) is 0. The lowest BCUT2D eigenvalue weighted by Crippen LogP contribution is -1.77. The summed E-state index contributed by atoms with van der Waals surface area (Å²) in [6.45, 7) is 2.10. The molecule has 0 atom stereocenters. The molecule has 0 aromatic carbocycles. The maximum Gasteiger partial charge on any atom is 0.0894 e. The molecule has 0 heterocycles. The van der Waals surface area contributed by atoms with Crippen molar-refractivity contribution in [3.63, 3.8) is 0 Å². The zero-order valence-corrected chi connectivity index (χ0v) is 12.9. The smallest absolute Gasteiger partial charge is 0.0894 e. The molecule has 0 rings (SSSR count). The maximum atomic E-state index is 11.8. The molecule has 1 heteroatoms. The van der Waals surface area contributed by atoms with E-state index in [2.05, 4.69) is 31.2 Å². The summed E-state index contributed by atoms with van der Waals surface area (Å²) >= 11 is 0. The third kappa shape index (κ3) is 17.4. The molecule has 0 aliphatic heterocycles. The van der Waals surface area contributed by atoms with E-state index in [1.807, 2.05) is 0 Å². The van der Waals surface area contributed by atoms with Crippen LogP contribution in [0.5, 0.6) is 0 Å². The highest BCUT2D eigenvalue weighted by Crippen LogP contribution is 2.07. The Balaban J connectivity index is 3.14. The van der Waals surface area contributed by atoms with E-state index < -0.39 is 0 Å². The molecule has 19 heavy (non-hydrogen) atoms. The van der Waals surface area contributed by atoms with Crippen LogP contribution in [-0.4, -0.2) is 6.67 Å². The summed E-state index contributed by atoms with van der Waals surface area (Å²) in [6.07, 6.45) is 23.6. The lowest BCUT2D eigenvalue weighted by molar-refractivity contribution is 0.457. The number of hydrogen-bond donors (Lipinski definition) is 0. The fourth-order valence-corrected chi connectivity index (χ4v) is 2.08. The van der Waals surface area contributed by atoms with E-state index in [-0.39, 0.29) is 6.67 Å². The van der Waals surface area contributed by atoms with E-state index in [0.29, 0.717) is 0 Å². The first kappa shape index (κ1) is 18.4. The molecule has 0 aromatic heterocycles. The standard InChI is InChI=1S/C18H33F/c1-2-3-4-5-6-7-8-9-10-11-12-13-14-15-16-17-18-19/h9-10,12-13H,2-8,11,14-18H2,1H3/b10-9-,13-12-. The predicted molar refractivity (Wildman–Crippen MR) is 85.3 cm³/mol. The van der Waals surface area contributed by atoms with Crippen molar-refractivity contribution in [1.82, 2.24) is 0 Å². The van der Waals surface area contributed by atoms with Gasteiger partial charge in [0.05, 0.1) is 6.67 Å². The van der Waals surface area contributed by atoms with Gasteiger partial charge in [-0.15, -0.1) is 0 Å². The lowest BCUT2D eigenvalue weighted by Gasteiger charge is -1.97. The van der Waals surface area contributed by atoms with Gasteiger partial charge in [0.2, 0.25) is 0 Å². The van der Waals surface area contributed by atoms with Gasteiger partial charge in [-0.25, -0.2) is 0 Å². The molecule has 0 aliphatic carbocycles. The number of hydrogen-bond acceptors (Lipinski definition) is 0. The van der Waals surface area contributed by atoms with Crippen LogP contribution in [0.3, 0.4) is 0 Å². The molecule has 0 saturated carbocycles. The summed E-state index contributed by atoms with van der Waals surface area (Å²) in [5.74, 6) is 0. The van der Waals surface area contributed by atoms with Crippen LogP contribution in [0.4, 0.5) is 4.39 Å². The van der Waals surface area contributed by atoms with E-state index in [4.69, 9.17) is 0 Å². The molecule has 0 spiro atoms. The Hall–Kier alpha value is -0.590. The quantitative estimate of drug-likeness (QED) is 0.241. The van der Waals surface area contributed by atoms with Crippen molar-refractivity contribution in [1.29, 1.82) is 0 Å². The third-order valence-corrected chi connectivity index (χ3v) is 3.33. The molecule has 0 amide bonds. The summed E-state index contributed by atoms with van der Waals surface area (Å²) in [6, 6.07) is 0. The first-order valence-electron chi connectivity index (χ1n) is 8.27.